The Hall–Kier alpha value is -1.56. The van der Waals surface area contributed by atoms with E-state index in [4.69, 9.17) is 4.74 Å². The monoisotopic (exact) mass is 318 g/mol. The first kappa shape index (κ1) is 15.0. The van der Waals surface area contributed by atoms with Crippen LogP contribution in [0, 0.1) is 5.92 Å². The maximum absolute atomic E-state index is 12.5. The van der Waals surface area contributed by atoms with E-state index >= 15 is 0 Å². The number of rotatable bonds is 0. The summed E-state index contributed by atoms with van der Waals surface area (Å²) in [5, 5.41) is 3.72. The summed E-state index contributed by atoms with van der Waals surface area (Å²) in [4.78, 5) is 22.4. The normalized spacial score (nSPS) is 32.9. The molecule has 1 saturated carbocycles. The number of aromatic nitrogens is 2. The van der Waals surface area contributed by atoms with Crippen molar-refractivity contribution in [2.24, 2.45) is 5.92 Å². The molecule has 2 N–H and O–H groups in total. The maximum atomic E-state index is 12.5. The highest BCUT2D eigenvalue weighted by Crippen LogP contribution is 2.47. The van der Waals surface area contributed by atoms with Crippen molar-refractivity contribution >= 4 is 6.09 Å². The summed E-state index contributed by atoms with van der Waals surface area (Å²) in [5.41, 5.74) is 1.92. The zero-order chi connectivity index (χ0) is 16.2. The first-order chi connectivity index (χ1) is 10.9. The van der Waals surface area contributed by atoms with Gasteiger partial charge in [-0.15, -0.1) is 0 Å². The molecule has 1 aromatic rings. The third-order valence-electron chi connectivity index (χ3n) is 5.36. The van der Waals surface area contributed by atoms with Gasteiger partial charge in [-0.1, -0.05) is 0 Å². The van der Waals surface area contributed by atoms with Crippen LogP contribution in [0.3, 0.4) is 0 Å². The van der Waals surface area contributed by atoms with Crippen molar-refractivity contribution < 1.29 is 9.53 Å². The lowest BCUT2D eigenvalue weighted by atomic mass is 9.72. The number of imidazole rings is 1. The van der Waals surface area contributed by atoms with Crippen molar-refractivity contribution in [2.75, 3.05) is 13.1 Å². The number of nitrogens with zero attached hydrogens (tertiary/aromatic N) is 2. The summed E-state index contributed by atoms with van der Waals surface area (Å²) in [6.45, 7) is 7.55. The summed E-state index contributed by atoms with van der Waals surface area (Å²) >= 11 is 0. The number of nitrogens with one attached hydrogen (secondary N) is 2. The molecule has 1 spiro atoms. The standard InChI is InChI=1S/C17H26N4O2/c1-16(2,3)23-15(22)21-9-11-6-12(21)8-17(7-11)14-13(4-5-20-17)18-10-19-14/h10-12,20H,4-9H2,1-3H3,(H,18,19). The van der Waals surface area contributed by atoms with Gasteiger partial charge in [0.2, 0.25) is 0 Å². The van der Waals surface area contributed by atoms with E-state index in [0.717, 1.165) is 38.8 Å². The topological polar surface area (TPSA) is 70.2 Å². The van der Waals surface area contributed by atoms with E-state index in [9.17, 15) is 4.79 Å². The van der Waals surface area contributed by atoms with Crippen LogP contribution in [0.5, 0.6) is 0 Å². The van der Waals surface area contributed by atoms with Gasteiger partial charge in [0.05, 0.1) is 17.6 Å². The Balaban J connectivity index is 1.57. The van der Waals surface area contributed by atoms with Crippen molar-refractivity contribution in [1.82, 2.24) is 20.2 Å². The van der Waals surface area contributed by atoms with Crippen LogP contribution in [0.1, 0.15) is 51.4 Å². The SMILES string of the molecule is CC(C)(C)OC(=O)N1CC2CC1CC1(C2)NCCc2[nH]cnc21. The number of hydrogen-bond acceptors (Lipinski definition) is 4. The van der Waals surface area contributed by atoms with Crippen LogP contribution in [-0.2, 0) is 16.7 Å². The van der Waals surface area contributed by atoms with E-state index in [1.165, 1.54) is 11.4 Å². The van der Waals surface area contributed by atoms with Crippen LogP contribution >= 0.6 is 0 Å². The van der Waals surface area contributed by atoms with Crippen molar-refractivity contribution in [2.45, 2.75) is 63.6 Å². The van der Waals surface area contributed by atoms with Crippen LogP contribution in [0.4, 0.5) is 4.79 Å². The van der Waals surface area contributed by atoms with E-state index < -0.39 is 5.60 Å². The first-order valence-electron chi connectivity index (χ1n) is 8.64. The quantitative estimate of drug-likeness (QED) is 0.769. The second-order valence-corrected chi connectivity index (χ2v) is 8.29. The van der Waals surface area contributed by atoms with Crippen LogP contribution in [-0.4, -0.2) is 45.7 Å². The molecule has 1 aromatic heterocycles. The van der Waals surface area contributed by atoms with Crippen LogP contribution in [0.25, 0.3) is 0 Å². The molecule has 2 bridgehead atoms. The number of hydrogen-bond donors (Lipinski definition) is 2. The predicted molar refractivity (Wildman–Crippen MR) is 86.0 cm³/mol. The van der Waals surface area contributed by atoms with Crippen molar-refractivity contribution in [3.8, 4) is 0 Å². The molecule has 2 fully saturated rings. The summed E-state index contributed by atoms with van der Waals surface area (Å²) in [6.07, 6.45) is 5.72. The molecular weight excluding hydrogens is 292 g/mol. The molecule has 23 heavy (non-hydrogen) atoms. The Bertz CT molecular complexity index is 620. The zero-order valence-electron chi connectivity index (χ0n) is 14.2. The Kier molecular flexibility index (Phi) is 3.24. The fourth-order valence-electron chi connectivity index (χ4n) is 4.65. The van der Waals surface area contributed by atoms with Gasteiger partial charge in [0, 0.05) is 31.2 Å². The van der Waals surface area contributed by atoms with Gasteiger partial charge in [-0.25, -0.2) is 9.78 Å². The first-order valence-corrected chi connectivity index (χ1v) is 8.64. The lowest BCUT2D eigenvalue weighted by Gasteiger charge is -2.43. The lowest BCUT2D eigenvalue weighted by Crippen LogP contribution is -2.53. The van der Waals surface area contributed by atoms with Crippen molar-refractivity contribution in [1.29, 1.82) is 0 Å². The fourth-order valence-corrected chi connectivity index (χ4v) is 4.65. The number of fused-ring (bicyclic) bond motifs is 4. The molecule has 4 rings (SSSR count). The Morgan fingerprint density at radius 3 is 3.04 bits per heavy atom. The second-order valence-electron chi connectivity index (χ2n) is 8.29. The van der Waals surface area contributed by atoms with Gasteiger partial charge in [0.1, 0.15) is 5.60 Å². The van der Waals surface area contributed by atoms with Gasteiger partial charge in [0.15, 0.2) is 0 Å². The molecule has 3 unspecified atom stereocenters. The molecule has 6 heteroatoms. The average Bonchev–Trinajstić information content (AvgIpc) is 3.03. The number of H-pyrrole nitrogens is 1. The predicted octanol–water partition coefficient (Wildman–Crippen LogP) is 2.17. The van der Waals surface area contributed by atoms with Gasteiger partial charge >= 0.3 is 6.09 Å². The highest BCUT2D eigenvalue weighted by Gasteiger charge is 2.52. The lowest BCUT2D eigenvalue weighted by molar-refractivity contribution is 0.0204. The third-order valence-corrected chi connectivity index (χ3v) is 5.36. The molecule has 0 aromatic carbocycles. The minimum absolute atomic E-state index is 0.0715. The Morgan fingerprint density at radius 2 is 2.26 bits per heavy atom. The van der Waals surface area contributed by atoms with E-state index in [1.807, 2.05) is 32.0 Å². The minimum atomic E-state index is -0.441. The summed E-state index contributed by atoms with van der Waals surface area (Å²) in [5.74, 6) is 0.524. The minimum Gasteiger partial charge on any atom is -0.444 e. The molecule has 126 valence electrons. The van der Waals surface area contributed by atoms with Gasteiger partial charge in [-0.3, -0.25) is 0 Å². The molecule has 1 saturated heterocycles. The number of carbonyl (C=O) groups excluding carboxylic acids is 1. The summed E-state index contributed by atoms with van der Waals surface area (Å²) in [6, 6.07) is 0.249. The van der Waals surface area contributed by atoms with Gasteiger partial charge < -0.3 is 19.9 Å². The largest absolute Gasteiger partial charge is 0.444 e. The van der Waals surface area contributed by atoms with Crippen molar-refractivity contribution in [3.63, 3.8) is 0 Å². The van der Waals surface area contributed by atoms with E-state index in [-0.39, 0.29) is 17.7 Å². The molecule has 3 aliphatic rings. The molecular formula is C17H26N4O2. The number of carbonyl (C=O) groups is 1. The van der Waals surface area contributed by atoms with E-state index in [0.29, 0.717) is 5.92 Å². The number of amides is 1. The number of aromatic amines is 1. The van der Waals surface area contributed by atoms with E-state index in [2.05, 4.69) is 15.3 Å². The van der Waals surface area contributed by atoms with Gasteiger partial charge in [-0.05, 0) is 46.0 Å². The van der Waals surface area contributed by atoms with Gasteiger partial charge in [0.25, 0.3) is 0 Å². The maximum Gasteiger partial charge on any atom is 0.410 e. The highest BCUT2D eigenvalue weighted by molar-refractivity contribution is 5.69. The molecule has 0 radical (unpaired) electrons. The zero-order valence-corrected chi connectivity index (χ0v) is 14.2. The highest BCUT2D eigenvalue weighted by atomic mass is 16.6. The second kappa shape index (κ2) is 4.97. The Morgan fingerprint density at radius 1 is 1.43 bits per heavy atom. The third kappa shape index (κ3) is 2.53. The molecule has 3 heterocycles. The van der Waals surface area contributed by atoms with E-state index in [1.54, 1.807) is 0 Å². The summed E-state index contributed by atoms with van der Waals surface area (Å²) < 4.78 is 5.60. The average molecular weight is 318 g/mol. The van der Waals surface area contributed by atoms with Crippen LogP contribution in [0.2, 0.25) is 0 Å². The molecule has 6 nitrogen and oxygen atoms in total. The Labute approximate surface area is 137 Å². The summed E-state index contributed by atoms with van der Waals surface area (Å²) in [7, 11) is 0. The number of likely N-dealkylation sites (tertiary alicyclic amines) is 1. The van der Waals surface area contributed by atoms with Gasteiger partial charge in [-0.2, -0.15) is 0 Å². The molecule has 2 aliphatic heterocycles. The number of ether oxygens (including phenoxy) is 1. The van der Waals surface area contributed by atoms with Crippen LogP contribution < -0.4 is 5.32 Å². The molecule has 1 aliphatic carbocycles. The smallest absolute Gasteiger partial charge is 0.410 e. The fraction of sp³-hybridized carbons (Fsp3) is 0.765. The van der Waals surface area contributed by atoms with Crippen LogP contribution in [0.15, 0.2) is 6.33 Å². The molecule has 3 atom stereocenters. The van der Waals surface area contributed by atoms with Crippen molar-refractivity contribution in [3.05, 3.63) is 17.7 Å². The molecule has 1 amide bonds.